The van der Waals surface area contributed by atoms with Crippen LogP contribution >= 0.6 is 23.2 Å². The minimum atomic E-state index is 0.164. The molecular weight excluding hydrogens is 247 g/mol. The quantitative estimate of drug-likeness (QED) is 0.789. The minimum absolute atomic E-state index is 0.164. The van der Waals surface area contributed by atoms with Crippen LogP contribution in [0.3, 0.4) is 0 Å². The van der Waals surface area contributed by atoms with E-state index in [0.29, 0.717) is 17.5 Å². The summed E-state index contributed by atoms with van der Waals surface area (Å²) in [6.45, 7) is 0.354. The Labute approximate surface area is 103 Å². The van der Waals surface area contributed by atoms with E-state index < -0.39 is 0 Å². The third-order valence-electron chi connectivity index (χ3n) is 1.93. The SMILES string of the molecule is Clc1nccc(OCc2ccccc2Cl)n1. The molecule has 2 aromatic rings. The van der Waals surface area contributed by atoms with Gasteiger partial charge in [0.2, 0.25) is 11.2 Å². The molecule has 0 aliphatic carbocycles. The Bertz CT molecular complexity index is 491. The average Bonchev–Trinajstić information content (AvgIpc) is 2.28. The van der Waals surface area contributed by atoms with Crippen molar-refractivity contribution in [3.05, 3.63) is 52.4 Å². The Morgan fingerprint density at radius 3 is 2.69 bits per heavy atom. The monoisotopic (exact) mass is 254 g/mol. The zero-order valence-corrected chi connectivity index (χ0v) is 9.74. The summed E-state index contributed by atoms with van der Waals surface area (Å²) in [6.07, 6.45) is 1.54. The number of aromatic nitrogens is 2. The molecule has 0 bridgehead atoms. The van der Waals surface area contributed by atoms with Crippen LogP contribution in [-0.2, 0) is 6.61 Å². The third-order valence-corrected chi connectivity index (χ3v) is 2.48. The van der Waals surface area contributed by atoms with Gasteiger partial charge in [-0.1, -0.05) is 29.8 Å². The van der Waals surface area contributed by atoms with Gasteiger partial charge in [0.15, 0.2) is 0 Å². The van der Waals surface area contributed by atoms with E-state index in [1.54, 1.807) is 6.07 Å². The largest absolute Gasteiger partial charge is 0.473 e. The molecular formula is C11H8Cl2N2O. The van der Waals surface area contributed by atoms with Crippen LogP contribution in [0.5, 0.6) is 5.88 Å². The maximum Gasteiger partial charge on any atom is 0.225 e. The number of hydrogen-bond donors (Lipinski definition) is 0. The topological polar surface area (TPSA) is 35.0 Å². The number of benzene rings is 1. The second-order valence-electron chi connectivity index (χ2n) is 3.04. The Kier molecular flexibility index (Phi) is 3.59. The van der Waals surface area contributed by atoms with Gasteiger partial charge in [0.1, 0.15) is 6.61 Å². The van der Waals surface area contributed by atoms with Gasteiger partial charge in [-0.3, -0.25) is 0 Å². The minimum Gasteiger partial charge on any atom is -0.473 e. The van der Waals surface area contributed by atoms with Crippen LogP contribution in [-0.4, -0.2) is 9.97 Å². The zero-order chi connectivity index (χ0) is 11.4. The highest BCUT2D eigenvalue weighted by atomic mass is 35.5. The van der Waals surface area contributed by atoms with Gasteiger partial charge in [0.25, 0.3) is 0 Å². The Hall–Kier alpha value is -1.32. The molecule has 1 heterocycles. The average molecular weight is 255 g/mol. The first-order chi connectivity index (χ1) is 7.75. The van der Waals surface area contributed by atoms with Crippen molar-refractivity contribution in [2.75, 3.05) is 0 Å². The lowest BCUT2D eigenvalue weighted by molar-refractivity contribution is 0.293. The molecule has 16 heavy (non-hydrogen) atoms. The second-order valence-corrected chi connectivity index (χ2v) is 3.79. The van der Waals surface area contributed by atoms with Crippen molar-refractivity contribution in [3.8, 4) is 5.88 Å². The van der Waals surface area contributed by atoms with E-state index >= 15 is 0 Å². The van der Waals surface area contributed by atoms with Crippen molar-refractivity contribution in [1.29, 1.82) is 0 Å². The van der Waals surface area contributed by atoms with Gasteiger partial charge in [-0.25, -0.2) is 4.98 Å². The van der Waals surface area contributed by atoms with Crippen LogP contribution in [0.15, 0.2) is 36.5 Å². The van der Waals surface area contributed by atoms with Gasteiger partial charge < -0.3 is 4.74 Å². The molecule has 0 aliphatic rings. The van der Waals surface area contributed by atoms with Crippen molar-refractivity contribution in [2.45, 2.75) is 6.61 Å². The zero-order valence-electron chi connectivity index (χ0n) is 8.23. The molecule has 0 fully saturated rings. The highest BCUT2D eigenvalue weighted by molar-refractivity contribution is 6.31. The number of halogens is 2. The van der Waals surface area contributed by atoms with Crippen LogP contribution < -0.4 is 4.74 Å². The molecule has 0 saturated heterocycles. The fraction of sp³-hybridized carbons (Fsp3) is 0.0909. The van der Waals surface area contributed by atoms with Crippen molar-refractivity contribution < 1.29 is 4.74 Å². The molecule has 0 saturated carbocycles. The van der Waals surface area contributed by atoms with Crippen molar-refractivity contribution >= 4 is 23.2 Å². The molecule has 2 rings (SSSR count). The Morgan fingerprint density at radius 1 is 1.12 bits per heavy atom. The summed E-state index contributed by atoms with van der Waals surface area (Å²) in [5.74, 6) is 0.430. The summed E-state index contributed by atoms with van der Waals surface area (Å²) in [6, 6.07) is 9.12. The molecule has 0 N–H and O–H groups in total. The van der Waals surface area contributed by atoms with Crippen molar-refractivity contribution in [2.24, 2.45) is 0 Å². The van der Waals surface area contributed by atoms with E-state index in [4.69, 9.17) is 27.9 Å². The summed E-state index contributed by atoms with van der Waals surface area (Å²) in [4.78, 5) is 7.67. The molecule has 0 radical (unpaired) electrons. The number of ether oxygens (including phenoxy) is 1. The number of nitrogens with zero attached hydrogens (tertiary/aromatic N) is 2. The predicted octanol–water partition coefficient (Wildman–Crippen LogP) is 3.36. The van der Waals surface area contributed by atoms with Gasteiger partial charge in [-0.2, -0.15) is 4.98 Å². The normalized spacial score (nSPS) is 10.1. The first kappa shape index (κ1) is 11.2. The second kappa shape index (κ2) is 5.14. The molecule has 82 valence electrons. The summed E-state index contributed by atoms with van der Waals surface area (Å²) in [7, 11) is 0. The smallest absolute Gasteiger partial charge is 0.225 e. The maximum atomic E-state index is 5.98. The maximum absolute atomic E-state index is 5.98. The van der Waals surface area contributed by atoms with Gasteiger partial charge >= 0.3 is 0 Å². The number of rotatable bonds is 3. The molecule has 5 heteroatoms. The molecule has 0 aliphatic heterocycles. The van der Waals surface area contributed by atoms with Crippen LogP contribution in [0, 0.1) is 0 Å². The molecule has 1 aromatic heterocycles. The molecule has 1 aromatic carbocycles. The standard InChI is InChI=1S/C11H8Cl2N2O/c12-9-4-2-1-3-8(9)7-16-10-5-6-14-11(13)15-10/h1-6H,7H2. The fourth-order valence-electron chi connectivity index (χ4n) is 1.17. The molecule has 0 spiro atoms. The lowest BCUT2D eigenvalue weighted by Gasteiger charge is -2.06. The highest BCUT2D eigenvalue weighted by Gasteiger charge is 2.01. The predicted molar refractivity (Wildman–Crippen MR) is 62.8 cm³/mol. The molecule has 0 amide bonds. The van der Waals surface area contributed by atoms with Crippen molar-refractivity contribution in [1.82, 2.24) is 9.97 Å². The lowest BCUT2D eigenvalue weighted by atomic mass is 10.2. The van der Waals surface area contributed by atoms with E-state index in [1.165, 1.54) is 6.20 Å². The first-order valence-corrected chi connectivity index (χ1v) is 5.36. The van der Waals surface area contributed by atoms with E-state index in [1.807, 2.05) is 24.3 Å². The van der Waals surface area contributed by atoms with Gasteiger partial charge in [0, 0.05) is 22.8 Å². The van der Waals surface area contributed by atoms with E-state index in [0.717, 1.165) is 5.56 Å². The summed E-state index contributed by atoms with van der Waals surface area (Å²) in [5, 5.41) is 0.833. The van der Waals surface area contributed by atoms with E-state index in [-0.39, 0.29) is 5.28 Å². The van der Waals surface area contributed by atoms with Crippen LogP contribution in [0.25, 0.3) is 0 Å². The summed E-state index contributed by atoms with van der Waals surface area (Å²) >= 11 is 11.6. The third kappa shape index (κ3) is 2.84. The Balaban J connectivity index is 2.05. The van der Waals surface area contributed by atoms with Crippen LogP contribution in [0.2, 0.25) is 10.3 Å². The van der Waals surface area contributed by atoms with Crippen LogP contribution in [0.4, 0.5) is 0 Å². The highest BCUT2D eigenvalue weighted by Crippen LogP contribution is 2.17. The summed E-state index contributed by atoms with van der Waals surface area (Å²) < 4.78 is 5.43. The number of hydrogen-bond acceptors (Lipinski definition) is 3. The summed E-state index contributed by atoms with van der Waals surface area (Å²) in [5.41, 5.74) is 0.902. The van der Waals surface area contributed by atoms with Gasteiger partial charge in [-0.15, -0.1) is 0 Å². The Morgan fingerprint density at radius 2 is 1.94 bits per heavy atom. The van der Waals surface area contributed by atoms with Crippen molar-refractivity contribution in [3.63, 3.8) is 0 Å². The van der Waals surface area contributed by atoms with Crippen LogP contribution in [0.1, 0.15) is 5.56 Å². The fourth-order valence-corrected chi connectivity index (χ4v) is 1.50. The van der Waals surface area contributed by atoms with E-state index in [2.05, 4.69) is 9.97 Å². The molecule has 0 atom stereocenters. The molecule has 3 nitrogen and oxygen atoms in total. The lowest BCUT2D eigenvalue weighted by Crippen LogP contribution is -1.98. The van der Waals surface area contributed by atoms with Gasteiger partial charge in [0.05, 0.1) is 0 Å². The first-order valence-electron chi connectivity index (χ1n) is 4.60. The molecule has 0 unspecified atom stereocenters. The van der Waals surface area contributed by atoms with Gasteiger partial charge in [-0.05, 0) is 17.7 Å². The van der Waals surface area contributed by atoms with E-state index in [9.17, 15) is 0 Å².